The van der Waals surface area contributed by atoms with Crippen LogP contribution >= 0.6 is 15.9 Å². The second kappa shape index (κ2) is 10.8. The number of ether oxygens (including phenoxy) is 2. The third kappa shape index (κ3) is 6.02. The van der Waals surface area contributed by atoms with Crippen LogP contribution < -0.4 is 14.8 Å². The minimum absolute atomic E-state index is 0.252. The normalized spacial score (nSPS) is 10.5. The second-order valence-corrected chi connectivity index (χ2v) is 8.50. The first-order valence-corrected chi connectivity index (χ1v) is 11.5. The molecule has 2 N–H and O–H groups in total. The smallest absolute Gasteiger partial charge is 0.137 e. The van der Waals surface area contributed by atoms with Gasteiger partial charge in [-0.1, -0.05) is 78.9 Å². The number of para-hydroxylation sites is 1. The molecule has 5 heteroatoms. The van der Waals surface area contributed by atoms with E-state index in [1.807, 2.05) is 104 Å². The largest absolute Gasteiger partial charge is 0.488 e. The van der Waals surface area contributed by atoms with Crippen LogP contribution in [0, 0.1) is 12.3 Å². The first kappa shape index (κ1) is 22.6. The van der Waals surface area contributed by atoms with Crippen LogP contribution in [0.3, 0.4) is 0 Å². The lowest BCUT2D eigenvalue weighted by molar-refractivity contribution is 0.288. The van der Waals surface area contributed by atoms with Crippen molar-refractivity contribution < 1.29 is 9.47 Å². The molecule has 0 amide bonds. The maximum atomic E-state index is 8.74. The molecule has 4 aromatic carbocycles. The standard InChI is InChI=1S/C28H25BrN2O2/c1-20-10-8-9-15-25(20)31-28(30)23-16-24(29)27(33-19-22-13-6-3-7-14-22)17-26(23)32-18-21-11-4-2-5-12-21/h2-17H,18-19H2,1H3,(H2,30,31). The zero-order valence-electron chi connectivity index (χ0n) is 18.3. The van der Waals surface area contributed by atoms with Crippen LogP contribution in [0.5, 0.6) is 11.5 Å². The Labute approximate surface area is 202 Å². The summed E-state index contributed by atoms with van der Waals surface area (Å²) in [4.78, 5) is 0. The summed E-state index contributed by atoms with van der Waals surface area (Å²) < 4.78 is 13.0. The molecule has 4 rings (SSSR count). The highest BCUT2D eigenvalue weighted by Crippen LogP contribution is 2.35. The lowest BCUT2D eigenvalue weighted by Gasteiger charge is -2.18. The molecule has 33 heavy (non-hydrogen) atoms. The van der Waals surface area contributed by atoms with Crippen molar-refractivity contribution in [3.05, 3.63) is 124 Å². The van der Waals surface area contributed by atoms with Crippen LogP contribution in [0.25, 0.3) is 0 Å². The minimum Gasteiger partial charge on any atom is -0.488 e. The number of hydrogen-bond donors (Lipinski definition) is 2. The molecule has 4 aromatic rings. The van der Waals surface area contributed by atoms with Crippen LogP contribution in [0.2, 0.25) is 0 Å². The lowest BCUT2D eigenvalue weighted by atomic mass is 10.1. The van der Waals surface area contributed by atoms with Gasteiger partial charge in [0.15, 0.2) is 0 Å². The molecule has 0 spiro atoms. The Morgan fingerprint density at radius 1 is 0.758 bits per heavy atom. The molecule has 0 saturated carbocycles. The number of hydrogen-bond acceptors (Lipinski definition) is 3. The summed E-state index contributed by atoms with van der Waals surface area (Å²) in [6.45, 7) is 2.85. The Hall–Kier alpha value is -3.57. The lowest BCUT2D eigenvalue weighted by Crippen LogP contribution is -2.15. The van der Waals surface area contributed by atoms with Gasteiger partial charge in [0.2, 0.25) is 0 Å². The van der Waals surface area contributed by atoms with Crippen molar-refractivity contribution in [2.45, 2.75) is 20.1 Å². The van der Waals surface area contributed by atoms with Gasteiger partial charge >= 0.3 is 0 Å². The maximum Gasteiger partial charge on any atom is 0.137 e. The number of benzene rings is 4. The summed E-state index contributed by atoms with van der Waals surface area (Å²) in [5.74, 6) is 1.49. The highest BCUT2D eigenvalue weighted by atomic mass is 79.9. The Morgan fingerprint density at radius 3 is 1.91 bits per heavy atom. The van der Waals surface area contributed by atoms with E-state index in [-0.39, 0.29) is 5.84 Å². The summed E-state index contributed by atoms with van der Waals surface area (Å²) in [6.07, 6.45) is 0. The molecule has 0 aliphatic carbocycles. The minimum atomic E-state index is 0.252. The van der Waals surface area contributed by atoms with Gasteiger partial charge in [-0.2, -0.15) is 0 Å². The van der Waals surface area contributed by atoms with Crippen LogP contribution in [0.15, 0.2) is 102 Å². The molecule has 4 nitrogen and oxygen atoms in total. The summed E-state index contributed by atoms with van der Waals surface area (Å²) >= 11 is 3.61. The van der Waals surface area contributed by atoms with Crippen LogP contribution in [-0.4, -0.2) is 5.84 Å². The molecule has 0 aliphatic rings. The fraction of sp³-hybridized carbons (Fsp3) is 0.107. The molecular formula is C28H25BrN2O2. The van der Waals surface area contributed by atoms with E-state index in [1.54, 1.807) is 0 Å². The second-order valence-electron chi connectivity index (χ2n) is 7.64. The zero-order valence-corrected chi connectivity index (χ0v) is 19.9. The highest BCUT2D eigenvalue weighted by molar-refractivity contribution is 9.10. The molecule has 0 atom stereocenters. The van der Waals surface area contributed by atoms with Gasteiger partial charge in [0.05, 0.1) is 10.0 Å². The van der Waals surface area contributed by atoms with Crippen molar-refractivity contribution in [2.24, 2.45) is 0 Å². The van der Waals surface area contributed by atoms with E-state index in [0.29, 0.717) is 30.3 Å². The fourth-order valence-electron chi connectivity index (χ4n) is 3.35. The van der Waals surface area contributed by atoms with Gasteiger partial charge < -0.3 is 14.8 Å². The number of rotatable bonds is 8. The molecule has 0 unspecified atom stereocenters. The van der Waals surface area contributed by atoms with Gasteiger partial charge in [0.25, 0.3) is 0 Å². The van der Waals surface area contributed by atoms with Crippen molar-refractivity contribution in [3.8, 4) is 11.5 Å². The van der Waals surface area contributed by atoms with E-state index in [4.69, 9.17) is 14.9 Å². The first-order valence-electron chi connectivity index (χ1n) is 10.7. The van der Waals surface area contributed by atoms with Crippen molar-refractivity contribution >= 4 is 27.5 Å². The molecule has 166 valence electrons. The molecule has 0 fully saturated rings. The number of aryl methyl sites for hydroxylation is 1. The zero-order chi connectivity index (χ0) is 23.0. The van der Waals surface area contributed by atoms with Gasteiger partial charge in [-0.3, -0.25) is 5.41 Å². The van der Waals surface area contributed by atoms with Gasteiger partial charge in [0.1, 0.15) is 30.5 Å². The van der Waals surface area contributed by atoms with E-state index < -0.39 is 0 Å². The third-order valence-corrected chi connectivity index (χ3v) is 5.80. The van der Waals surface area contributed by atoms with Gasteiger partial charge in [-0.15, -0.1) is 0 Å². The number of anilines is 1. The maximum absolute atomic E-state index is 8.74. The summed E-state index contributed by atoms with van der Waals surface area (Å²) in [5, 5.41) is 11.9. The van der Waals surface area contributed by atoms with E-state index in [0.717, 1.165) is 26.9 Å². The summed E-state index contributed by atoms with van der Waals surface area (Å²) in [5.41, 5.74) is 4.73. The predicted octanol–water partition coefficient (Wildman–Crippen LogP) is 7.35. The van der Waals surface area contributed by atoms with E-state index in [1.165, 1.54) is 0 Å². The van der Waals surface area contributed by atoms with Crippen molar-refractivity contribution in [1.29, 1.82) is 5.41 Å². The quantitative estimate of drug-likeness (QED) is 0.196. The molecule has 0 aliphatic heterocycles. The van der Waals surface area contributed by atoms with Crippen LogP contribution in [-0.2, 0) is 13.2 Å². The van der Waals surface area contributed by atoms with Gasteiger partial charge in [-0.25, -0.2) is 0 Å². The summed E-state index contributed by atoms with van der Waals surface area (Å²) in [6, 6.07) is 31.6. The SMILES string of the molecule is Cc1ccccc1NC(=N)c1cc(Br)c(OCc2ccccc2)cc1OCc1ccccc1. The Kier molecular flexibility index (Phi) is 7.43. The average Bonchev–Trinajstić information content (AvgIpc) is 2.85. The average molecular weight is 501 g/mol. The predicted molar refractivity (Wildman–Crippen MR) is 137 cm³/mol. The van der Waals surface area contributed by atoms with Crippen molar-refractivity contribution in [2.75, 3.05) is 5.32 Å². The Morgan fingerprint density at radius 2 is 1.30 bits per heavy atom. The Balaban J connectivity index is 1.61. The highest BCUT2D eigenvalue weighted by Gasteiger charge is 2.16. The number of amidine groups is 1. The molecule has 0 heterocycles. The summed E-state index contributed by atoms with van der Waals surface area (Å²) in [7, 11) is 0. The molecule has 0 bridgehead atoms. The fourth-order valence-corrected chi connectivity index (χ4v) is 3.80. The topological polar surface area (TPSA) is 54.3 Å². The van der Waals surface area contributed by atoms with Crippen molar-refractivity contribution in [3.63, 3.8) is 0 Å². The third-order valence-electron chi connectivity index (χ3n) is 5.18. The van der Waals surface area contributed by atoms with E-state index >= 15 is 0 Å². The number of nitrogens with one attached hydrogen (secondary N) is 2. The number of halogens is 1. The molecule has 0 aromatic heterocycles. The van der Waals surface area contributed by atoms with Crippen LogP contribution in [0.4, 0.5) is 5.69 Å². The molecular weight excluding hydrogens is 476 g/mol. The monoisotopic (exact) mass is 500 g/mol. The molecule has 0 radical (unpaired) electrons. The molecule has 0 saturated heterocycles. The first-order chi connectivity index (χ1) is 16.1. The van der Waals surface area contributed by atoms with Gasteiger partial charge in [0, 0.05) is 11.8 Å². The Bertz CT molecular complexity index is 1230. The van der Waals surface area contributed by atoms with Crippen LogP contribution in [0.1, 0.15) is 22.3 Å². The van der Waals surface area contributed by atoms with Gasteiger partial charge in [-0.05, 0) is 51.7 Å². The van der Waals surface area contributed by atoms with E-state index in [9.17, 15) is 0 Å². The van der Waals surface area contributed by atoms with Crippen molar-refractivity contribution in [1.82, 2.24) is 0 Å². The van der Waals surface area contributed by atoms with E-state index in [2.05, 4.69) is 21.2 Å².